The van der Waals surface area contributed by atoms with Gasteiger partial charge in [-0.15, -0.1) is 0 Å². The summed E-state index contributed by atoms with van der Waals surface area (Å²) in [5.74, 6) is 2.57. The van der Waals surface area contributed by atoms with Crippen LogP contribution in [0.5, 0.6) is 0 Å². The number of hydrogen-bond acceptors (Lipinski definition) is 1. The van der Waals surface area contributed by atoms with Gasteiger partial charge in [0, 0.05) is 5.54 Å². The lowest BCUT2D eigenvalue weighted by Crippen LogP contribution is -2.55. The van der Waals surface area contributed by atoms with Gasteiger partial charge in [0.1, 0.15) is 8.24 Å². The molecule has 0 bridgehead atoms. The minimum absolute atomic E-state index is 0.260. The van der Waals surface area contributed by atoms with Gasteiger partial charge in [-0.25, -0.2) is 0 Å². The smallest absolute Gasteiger partial charge is 0.120 e. The second-order valence-electron chi connectivity index (χ2n) is 7.81. The standard InChI is InChI=1S/C16H29NSi/c1-16(2,3)17-18(4,5)12-14-11-10-13-8-6-7-9-15(13)14/h6-9,13-15,17H,10-12H2,1-5H3. The van der Waals surface area contributed by atoms with Crippen LogP contribution in [0.2, 0.25) is 19.1 Å². The summed E-state index contributed by atoms with van der Waals surface area (Å²) in [4.78, 5) is 3.91. The molecule has 0 aliphatic heterocycles. The number of nitrogens with one attached hydrogen (secondary N) is 1. The Morgan fingerprint density at radius 1 is 1.11 bits per heavy atom. The number of rotatable bonds is 3. The molecule has 1 N–H and O–H groups in total. The van der Waals surface area contributed by atoms with Crippen molar-refractivity contribution in [1.29, 1.82) is 0 Å². The molecule has 18 heavy (non-hydrogen) atoms. The normalized spacial score (nSPS) is 31.7. The van der Waals surface area contributed by atoms with Gasteiger partial charge in [-0.05, 0) is 57.4 Å². The fourth-order valence-corrected chi connectivity index (χ4v) is 7.94. The lowest BCUT2D eigenvalue weighted by Gasteiger charge is -2.36. The van der Waals surface area contributed by atoms with Gasteiger partial charge in [0.25, 0.3) is 0 Å². The average molecular weight is 264 g/mol. The highest BCUT2D eigenvalue weighted by atomic mass is 28.3. The van der Waals surface area contributed by atoms with E-state index in [2.05, 4.69) is 63.2 Å². The van der Waals surface area contributed by atoms with Crippen molar-refractivity contribution in [3.63, 3.8) is 0 Å². The third kappa shape index (κ3) is 3.58. The summed E-state index contributed by atoms with van der Waals surface area (Å²) in [6.07, 6.45) is 12.2. The topological polar surface area (TPSA) is 12.0 Å². The summed E-state index contributed by atoms with van der Waals surface area (Å²) in [7, 11) is -1.29. The zero-order valence-electron chi connectivity index (χ0n) is 12.7. The summed E-state index contributed by atoms with van der Waals surface area (Å²) in [6, 6.07) is 1.42. The van der Waals surface area contributed by atoms with Crippen LogP contribution in [0.25, 0.3) is 0 Å². The third-order valence-corrected chi connectivity index (χ3v) is 7.17. The minimum Gasteiger partial charge on any atom is -0.333 e. The number of fused-ring (bicyclic) bond motifs is 1. The molecule has 2 heteroatoms. The van der Waals surface area contributed by atoms with Gasteiger partial charge in [-0.1, -0.05) is 37.4 Å². The van der Waals surface area contributed by atoms with Gasteiger partial charge >= 0.3 is 0 Å². The molecule has 0 spiro atoms. The second-order valence-corrected chi connectivity index (χ2v) is 12.2. The van der Waals surface area contributed by atoms with Crippen LogP contribution in [0, 0.1) is 17.8 Å². The largest absolute Gasteiger partial charge is 0.333 e. The summed E-state index contributed by atoms with van der Waals surface area (Å²) in [5.41, 5.74) is 0.260. The van der Waals surface area contributed by atoms with Gasteiger partial charge < -0.3 is 4.98 Å². The van der Waals surface area contributed by atoms with E-state index in [1.807, 2.05) is 0 Å². The molecule has 3 unspecified atom stereocenters. The molecule has 0 radical (unpaired) electrons. The molecule has 1 saturated carbocycles. The molecule has 0 saturated heterocycles. The van der Waals surface area contributed by atoms with Crippen LogP contribution in [0.3, 0.4) is 0 Å². The quantitative estimate of drug-likeness (QED) is 0.747. The zero-order chi connectivity index (χ0) is 13.4. The number of allylic oxidation sites excluding steroid dienone is 4. The monoisotopic (exact) mass is 263 g/mol. The van der Waals surface area contributed by atoms with Crippen molar-refractivity contribution in [2.45, 2.75) is 58.3 Å². The average Bonchev–Trinajstić information content (AvgIpc) is 2.57. The zero-order valence-corrected chi connectivity index (χ0v) is 13.7. The highest BCUT2D eigenvalue weighted by Gasteiger charge is 2.38. The molecule has 2 aliphatic carbocycles. The first-order valence-corrected chi connectivity index (χ1v) is 10.6. The number of hydrogen-bond donors (Lipinski definition) is 1. The summed E-state index contributed by atoms with van der Waals surface area (Å²) in [6.45, 7) is 11.9. The van der Waals surface area contributed by atoms with Crippen LogP contribution in [0.1, 0.15) is 33.6 Å². The van der Waals surface area contributed by atoms with Crippen LogP contribution in [0.4, 0.5) is 0 Å². The molecule has 1 nitrogen and oxygen atoms in total. The summed E-state index contributed by atoms with van der Waals surface area (Å²) < 4.78 is 0. The predicted molar refractivity (Wildman–Crippen MR) is 83.2 cm³/mol. The van der Waals surface area contributed by atoms with Crippen LogP contribution < -0.4 is 4.98 Å². The van der Waals surface area contributed by atoms with Crippen molar-refractivity contribution in [3.05, 3.63) is 24.3 Å². The van der Waals surface area contributed by atoms with Crippen LogP contribution >= 0.6 is 0 Å². The first kappa shape index (κ1) is 14.1. The fraction of sp³-hybridized carbons (Fsp3) is 0.750. The Morgan fingerprint density at radius 2 is 1.78 bits per heavy atom. The van der Waals surface area contributed by atoms with Crippen LogP contribution in [-0.2, 0) is 0 Å². The van der Waals surface area contributed by atoms with E-state index in [-0.39, 0.29) is 5.54 Å². The molecule has 0 aromatic carbocycles. The maximum atomic E-state index is 3.91. The van der Waals surface area contributed by atoms with Gasteiger partial charge in [0.05, 0.1) is 0 Å². The Bertz CT molecular complexity index is 349. The second kappa shape index (κ2) is 4.97. The Morgan fingerprint density at radius 3 is 2.44 bits per heavy atom. The fourth-order valence-electron chi connectivity index (χ4n) is 4.02. The minimum atomic E-state index is -1.29. The SMILES string of the molecule is CC(C)(C)N[Si](C)(C)CC1CCC2C=CC=CC21. The highest BCUT2D eigenvalue weighted by molar-refractivity contribution is 6.75. The van der Waals surface area contributed by atoms with E-state index in [0.717, 1.165) is 17.8 Å². The van der Waals surface area contributed by atoms with E-state index in [1.54, 1.807) is 0 Å². The molecule has 2 aliphatic rings. The maximum absolute atomic E-state index is 3.91. The predicted octanol–water partition coefficient (Wildman–Crippen LogP) is 4.35. The van der Waals surface area contributed by atoms with Gasteiger partial charge in [0.15, 0.2) is 0 Å². The summed E-state index contributed by atoms with van der Waals surface area (Å²) in [5, 5.41) is 0. The Kier molecular flexibility index (Phi) is 3.89. The first-order chi connectivity index (χ1) is 8.27. The van der Waals surface area contributed by atoms with E-state index in [0.29, 0.717) is 0 Å². The van der Waals surface area contributed by atoms with E-state index in [4.69, 9.17) is 0 Å². The van der Waals surface area contributed by atoms with Gasteiger partial charge in [-0.3, -0.25) is 0 Å². The van der Waals surface area contributed by atoms with Crippen molar-refractivity contribution in [2.75, 3.05) is 0 Å². The Hall–Kier alpha value is -0.343. The molecule has 0 aromatic rings. The maximum Gasteiger partial charge on any atom is 0.120 e. The highest BCUT2D eigenvalue weighted by Crippen LogP contribution is 2.44. The molecule has 0 amide bonds. The van der Waals surface area contributed by atoms with Crippen molar-refractivity contribution in [2.24, 2.45) is 17.8 Å². The van der Waals surface area contributed by atoms with Crippen LogP contribution in [0.15, 0.2) is 24.3 Å². The first-order valence-electron chi connectivity index (χ1n) is 7.41. The molecule has 3 atom stereocenters. The third-order valence-electron chi connectivity index (χ3n) is 4.20. The Labute approximate surface area is 114 Å². The van der Waals surface area contributed by atoms with Crippen molar-refractivity contribution < 1.29 is 0 Å². The van der Waals surface area contributed by atoms with Crippen molar-refractivity contribution >= 4 is 8.24 Å². The molecule has 0 aromatic heterocycles. The molecular weight excluding hydrogens is 234 g/mol. The van der Waals surface area contributed by atoms with E-state index in [1.165, 1.54) is 18.9 Å². The van der Waals surface area contributed by atoms with E-state index < -0.39 is 8.24 Å². The Balaban J connectivity index is 1.97. The van der Waals surface area contributed by atoms with Gasteiger partial charge in [-0.2, -0.15) is 0 Å². The molecule has 1 fully saturated rings. The molecule has 2 rings (SSSR count). The van der Waals surface area contributed by atoms with E-state index in [9.17, 15) is 0 Å². The molecular formula is C16H29NSi. The molecule has 102 valence electrons. The summed E-state index contributed by atoms with van der Waals surface area (Å²) >= 11 is 0. The lowest BCUT2D eigenvalue weighted by atomic mass is 9.87. The van der Waals surface area contributed by atoms with Crippen LogP contribution in [-0.4, -0.2) is 13.8 Å². The van der Waals surface area contributed by atoms with Crippen molar-refractivity contribution in [3.8, 4) is 0 Å². The van der Waals surface area contributed by atoms with Gasteiger partial charge in [0.2, 0.25) is 0 Å². The lowest BCUT2D eigenvalue weighted by molar-refractivity contribution is 0.437. The van der Waals surface area contributed by atoms with Crippen molar-refractivity contribution in [1.82, 2.24) is 4.98 Å². The van der Waals surface area contributed by atoms with E-state index >= 15 is 0 Å². The molecule has 0 heterocycles.